The molecule has 2 heterocycles. The molecule has 0 saturated heterocycles. The van der Waals surface area contributed by atoms with Crippen LogP contribution >= 0.6 is 22.7 Å². The van der Waals surface area contributed by atoms with Crippen molar-refractivity contribution < 1.29 is 0 Å². The van der Waals surface area contributed by atoms with Crippen LogP contribution in [0.2, 0.25) is 0 Å². The predicted octanol–water partition coefficient (Wildman–Crippen LogP) is 13.9. The summed E-state index contributed by atoms with van der Waals surface area (Å²) in [4.78, 5) is 2.45. The maximum atomic E-state index is 2.45. The summed E-state index contributed by atoms with van der Waals surface area (Å²) in [6, 6.07) is 60.3. The van der Waals surface area contributed by atoms with E-state index in [4.69, 9.17) is 0 Å². The first-order valence-electron chi connectivity index (χ1n) is 15.9. The average Bonchev–Trinajstić information content (AvgIpc) is 3.70. The minimum atomic E-state index is 1.14. The van der Waals surface area contributed by atoms with Crippen LogP contribution in [0, 0.1) is 0 Å². The molecule has 0 spiro atoms. The molecule has 220 valence electrons. The minimum Gasteiger partial charge on any atom is -0.310 e. The quantitative estimate of drug-likeness (QED) is 0.174. The molecule has 47 heavy (non-hydrogen) atoms. The van der Waals surface area contributed by atoms with E-state index in [0.29, 0.717) is 0 Å². The highest BCUT2D eigenvalue weighted by atomic mass is 32.1. The summed E-state index contributed by atoms with van der Waals surface area (Å²) < 4.78 is 5.28. The largest absolute Gasteiger partial charge is 0.310 e. The van der Waals surface area contributed by atoms with Crippen LogP contribution < -0.4 is 4.90 Å². The number of fused-ring (bicyclic) bond motifs is 9. The van der Waals surface area contributed by atoms with Gasteiger partial charge in [0.05, 0.1) is 5.69 Å². The molecule has 10 aromatic rings. The molecular weight excluding hydrogens is 607 g/mol. The molecule has 0 aliphatic heterocycles. The van der Waals surface area contributed by atoms with Gasteiger partial charge in [0.25, 0.3) is 0 Å². The molecule has 10 rings (SSSR count). The second-order valence-corrected chi connectivity index (χ2v) is 14.3. The molecule has 0 saturated carbocycles. The molecule has 0 bridgehead atoms. The molecule has 0 unspecified atom stereocenters. The summed E-state index contributed by atoms with van der Waals surface area (Å²) in [7, 11) is 0. The summed E-state index contributed by atoms with van der Waals surface area (Å²) >= 11 is 3.73. The summed E-state index contributed by atoms with van der Waals surface area (Å²) in [5.74, 6) is 0. The molecule has 0 atom stereocenters. The Bertz CT molecular complexity index is 2800. The monoisotopic (exact) mass is 633 g/mol. The number of thiophene rings is 2. The van der Waals surface area contributed by atoms with Gasteiger partial charge in [-0.3, -0.25) is 0 Å². The molecular formula is C44H27NS2. The van der Waals surface area contributed by atoms with Crippen molar-refractivity contribution in [2.75, 3.05) is 4.90 Å². The summed E-state index contributed by atoms with van der Waals surface area (Å²) in [5.41, 5.74) is 5.93. The smallest absolute Gasteiger partial charge is 0.0554 e. The number of hydrogen-bond donors (Lipinski definition) is 0. The predicted molar refractivity (Wildman–Crippen MR) is 207 cm³/mol. The van der Waals surface area contributed by atoms with Crippen LogP contribution in [0.25, 0.3) is 73.0 Å². The van der Waals surface area contributed by atoms with E-state index in [1.807, 2.05) is 22.7 Å². The van der Waals surface area contributed by atoms with Gasteiger partial charge in [-0.15, -0.1) is 22.7 Å². The lowest BCUT2D eigenvalue weighted by Crippen LogP contribution is -2.10. The van der Waals surface area contributed by atoms with Crippen molar-refractivity contribution in [2.24, 2.45) is 0 Å². The summed E-state index contributed by atoms with van der Waals surface area (Å²) in [6.07, 6.45) is 0. The van der Waals surface area contributed by atoms with E-state index in [2.05, 4.69) is 169 Å². The number of benzene rings is 8. The van der Waals surface area contributed by atoms with Crippen LogP contribution in [0.3, 0.4) is 0 Å². The fraction of sp³-hybridized carbons (Fsp3) is 0. The normalized spacial score (nSPS) is 11.8. The van der Waals surface area contributed by atoms with E-state index in [1.165, 1.54) is 78.7 Å². The van der Waals surface area contributed by atoms with E-state index in [9.17, 15) is 0 Å². The third-order valence-corrected chi connectivity index (χ3v) is 11.7. The lowest BCUT2D eigenvalue weighted by atomic mass is 10.00. The Morgan fingerprint density at radius 1 is 0.340 bits per heavy atom. The van der Waals surface area contributed by atoms with Crippen LogP contribution in [0.4, 0.5) is 17.1 Å². The molecule has 0 aliphatic carbocycles. The fourth-order valence-electron chi connectivity index (χ4n) is 7.21. The Morgan fingerprint density at radius 2 is 0.936 bits per heavy atom. The summed E-state index contributed by atoms with van der Waals surface area (Å²) in [5, 5.41) is 10.3. The van der Waals surface area contributed by atoms with E-state index in [-0.39, 0.29) is 0 Å². The zero-order chi connectivity index (χ0) is 30.9. The molecule has 1 nitrogen and oxygen atoms in total. The molecule has 2 aromatic heterocycles. The fourth-order valence-corrected chi connectivity index (χ4v) is 9.42. The molecule has 8 aromatic carbocycles. The van der Waals surface area contributed by atoms with Gasteiger partial charge in [0, 0.05) is 51.7 Å². The van der Waals surface area contributed by atoms with Gasteiger partial charge < -0.3 is 4.90 Å². The van der Waals surface area contributed by atoms with Crippen molar-refractivity contribution in [3.05, 3.63) is 164 Å². The Morgan fingerprint density at radius 3 is 1.79 bits per heavy atom. The number of nitrogens with zero attached hydrogens (tertiary/aromatic N) is 1. The van der Waals surface area contributed by atoms with Crippen molar-refractivity contribution in [3.63, 3.8) is 0 Å². The number of rotatable bonds is 4. The average molecular weight is 634 g/mol. The van der Waals surface area contributed by atoms with E-state index in [0.717, 1.165) is 11.4 Å². The Hall–Kier alpha value is -5.48. The highest BCUT2D eigenvalue weighted by Gasteiger charge is 2.19. The highest BCUT2D eigenvalue weighted by Crippen LogP contribution is 2.46. The van der Waals surface area contributed by atoms with Gasteiger partial charge in [0.2, 0.25) is 0 Å². The van der Waals surface area contributed by atoms with E-state index >= 15 is 0 Å². The van der Waals surface area contributed by atoms with Crippen LogP contribution in [-0.2, 0) is 0 Å². The van der Waals surface area contributed by atoms with Gasteiger partial charge >= 0.3 is 0 Å². The van der Waals surface area contributed by atoms with Crippen LogP contribution in [-0.4, -0.2) is 0 Å². The minimum absolute atomic E-state index is 1.14. The van der Waals surface area contributed by atoms with Crippen molar-refractivity contribution in [2.45, 2.75) is 0 Å². The van der Waals surface area contributed by atoms with Crippen LogP contribution in [0.5, 0.6) is 0 Å². The standard InChI is InChI=1S/C44H27NS2/c1-2-9-34-29(8-1)16-17-30-20-24-33(27-37(30)34)45(39-12-7-15-43-44(39)36-11-4-6-14-41(36)47-43)32-22-18-28(19-23-32)31-21-25-42-38(26-31)35-10-3-5-13-40(35)46-42/h1-27H. The van der Waals surface area contributed by atoms with E-state index in [1.54, 1.807) is 0 Å². The zero-order valence-corrected chi connectivity index (χ0v) is 27.0. The Kier molecular flexibility index (Phi) is 5.98. The van der Waals surface area contributed by atoms with Gasteiger partial charge in [-0.1, -0.05) is 103 Å². The van der Waals surface area contributed by atoms with Crippen LogP contribution in [0.1, 0.15) is 0 Å². The number of hydrogen-bond acceptors (Lipinski definition) is 3. The molecule has 0 amide bonds. The van der Waals surface area contributed by atoms with Gasteiger partial charge in [-0.25, -0.2) is 0 Å². The Balaban J connectivity index is 1.17. The molecule has 0 N–H and O–H groups in total. The van der Waals surface area contributed by atoms with Gasteiger partial charge in [0.1, 0.15) is 0 Å². The zero-order valence-electron chi connectivity index (χ0n) is 25.4. The first kappa shape index (κ1) is 26.7. The second kappa shape index (κ2) is 10.5. The van der Waals surface area contributed by atoms with Gasteiger partial charge in [-0.2, -0.15) is 0 Å². The van der Waals surface area contributed by atoms with Crippen molar-refractivity contribution in [1.29, 1.82) is 0 Å². The Labute approximate surface area is 280 Å². The highest BCUT2D eigenvalue weighted by molar-refractivity contribution is 7.26. The first-order valence-corrected chi connectivity index (χ1v) is 17.6. The number of anilines is 3. The maximum absolute atomic E-state index is 2.45. The lowest BCUT2D eigenvalue weighted by molar-refractivity contribution is 1.31. The van der Waals surface area contributed by atoms with Crippen molar-refractivity contribution in [1.82, 2.24) is 0 Å². The summed E-state index contributed by atoms with van der Waals surface area (Å²) in [6.45, 7) is 0. The maximum Gasteiger partial charge on any atom is 0.0554 e. The molecule has 0 radical (unpaired) electrons. The third-order valence-electron chi connectivity index (χ3n) is 9.45. The van der Waals surface area contributed by atoms with Crippen molar-refractivity contribution >= 4 is 102 Å². The third kappa shape index (κ3) is 4.28. The first-order chi connectivity index (χ1) is 23.3. The van der Waals surface area contributed by atoms with E-state index < -0.39 is 0 Å². The topological polar surface area (TPSA) is 3.24 Å². The van der Waals surface area contributed by atoms with Gasteiger partial charge in [0.15, 0.2) is 0 Å². The lowest BCUT2D eigenvalue weighted by Gasteiger charge is -2.27. The molecule has 0 aliphatic rings. The van der Waals surface area contributed by atoms with Crippen LogP contribution in [0.15, 0.2) is 164 Å². The molecule has 0 fully saturated rings. The van der Waals surface area contributed by atoms with Crippen molar-refractivity contribution in [3.8, 4) is 11.1 Å². The second-order valence-electron chi connectivity index (χ2n) is 12.1. The SMILES string of the molecule is c1ccc2c(c1)ccc1ccc(N(c3ccc(-c4ccc5sc6ccccc6c5c4)cc3)c3cccc4sc5ccccc5c34)cc12. The molecule has 3 heteroatoms. The van der Waals surface area contributed by atoms with Gasteiger partial charge in [-0.05, 0) is 93.3 Å².